The summed E-state index contributed by atoms with van der Waals surface area (Å²) in [7, 11) is 1.64. The number of ether oxygens (including phenoxy) is 1. The number of hydrogen-bond acceptors (Lipinski definition) is 4. The monoisotopic (exact) mass is 216 g/mol. The maximum absolute atomic E-state index is 5.08. The fourth-order valence-electron chi connectivity index (χ4n) is 1.27. The van der Waals surface area contributed by atoms with Crippen molar-refractivity contribution in [3.63, 3.8) is 0 Å². The molecule has 16 heavy (non-hydrogen) atoms. The fraction of sp³-hybridized carbons (Fsp3) is 0.0909. The molecule has 0 unspecified atom stereocenters. The molecule has 0 bridgehead atoms. The smallest absolute Gasteiger partial charge is 0.139 e. The molecule has 0 fully saturated rings. The standard InChI is InChI=1S/C11H12N4O/c1-9(14-15-7-12-13-8-15)10-3-5-11(16-2)6-4-10/h3-8,14H,1H2,2H3. The lowest BCUT2D eigenvalue weighted by Gasteiger charge is -2.09. The largest absolute Gasteiger partial charge is 0.497 e. The highest BCUT2D eigenvalue weighted by Gasteiger charge is 1.99. The Kier molecular flexibility index (Phi) is 2.86. The lowest BCUT2D eigenvalue weighted by atomic mass is 10.2. The van der Waals surface area contributed by atoms with E-state index in [1.54, 1.807) is 24.4 Å². The number of methoxy groups -OCH3 is 1. The summed E-state index contributed by atoms with van der Waals surface area (Å²) in [4.78, 5) is 0. The molecular formula is C11H12N4O. The van der Waals surface area contributed by atoms with Gasteiger partial charge in [0.2, 0.25) is 0 Å². The van der Waals surface area contributed by atoms with Crippen molar-refractivity contribution in [2.24, 2.45) is 0 Å². The van der Waals surface area contributed by atoms with Gasteiger partial charge in [-0.05, 0) is 29.8 Å². The first-order valence-electron chi connectivity index (χ1n) is 4.74. The molecular weight excluding hydrogens is 204 g/mol. The van der Waals surface area contributed by atoms with E-state index in [1.807, 2.05) is 24.3 Å². The molecule has 2 rings (SSSR count). The third-order valence-electron chi connectivity index (χ3n) is 2.12. The van der Waals surface area contributed by atoms with Gasteiger partial charge in [0.15, 0.2) is 0 Å². The molecule has 0 aliphatic rings. The Balaban J connectivity index is 2.09. The lowest BCUT2D eigenvalue weighted by Crippen LogP contribution is -2.10. The number of nitrogens with zero attached hydrogens (tertiary/aromatic N) is 3. The molecule has 0 saturated carbocycles. The van der Waals surface area contributed by atoms with Gasteiger partial charge in [-0.1, -0.05) is 6.58 Å². The number of hydrogen-bond donors (Lipinski definition) is 1. The van der Waals surface area contributed by atoms with E-state index < -0.39 is 0 Å². The average molecular weight is 216 g/mol. The maximum Gasteiger partial charge on any atom is 0.139 e. The first-order valence-corrected chi connectivity index (χ1v) is 4.74. The number of benzene rings is 1. The Bertz CT molecular complexity index is 461. The molecule has 1 aromatic heterocycles. The molecule has 0 amide bonds. The van der Waals surface area contributed by atoms with E-state index >= 15 is 0 Å². The highest BCUT2D eigenvalue weighted by Crippen LogP contribution is 2.16. The highest BCUT2D eigenvalue weighted by atomic mass is 16.5. The third kappa shape index (κ3) is 2.20. The van der Waals surface area contributed by atoms with Gasteiger partial charge in [0.25, 0.3) is 0 Å². The van der Waals surface area contributed by atoms with Crippen LogP contribution in [-0.2, 0) is 0 Å². The van der Waals surface area contributed by atoms with Gasteiger partial charge < -0.3 is 4.74 Å². The van der Waals surface area contributed by atoms with Crippen molar-refractivity contribution in [3.05, 3.63) is 49.1 Å². The summed E-state index contributed by atoms with van der Waals surface area (Å²) >= 11 is 0. The van der Waals surface area contributed by atoms with Gasteiger partial charge in [-0.2, -0.15) is 0 Å². The Morgan fingerprint density at radius 2 is 1.88 bits per heavy atom. The van der Waals surface area contributed by atoms with E-state index in [1.165, 1.54) is 0 Å². The lowest BCUT2D eigenvalue weighted by molar-refractivity contribution is 0.415. The van der Waals surface area contributed by atoms with E-state index in [9.17, 15) is 0 Å². The summed E-state index contributed by atoms with van der Waals surface area (Å²) in [5.74, 6) is 0.820. The minimum atomic E-state index is 0.766. The zero-order chi connectivity index (χ0) is 11.4. The SMILES string of the molecule is C=C(Nn1cnnc1)c1ccc(OC)cc1. The van der Waals surface area contributed by atoms with Crippen LogP contribution in [0.25, 0.3) is 5.70 Å². The van der Waals surface area contributed by atoms with Crippen LogP contribution >= 0.6 is 0 Å². The first-order chi connectivity index (χ1) is 7.79. The van der Waals surface area contributed by atoms with Crippen LogP contribution in [0.2, 0.25) is 0 Å². The summed E-state index contributed by atoms with van der Waals surface area (Å²) in [6.07, 6.45) is 3.13. The molecule has 2 aromatic rings. The Morgan fingerprint density at radius 3 is 2.44 bits per heavy atom. The van der Waals surface area contributed by atoms with Crippen molar-refractivity contribution in [1.82, 2.24) is 14.9 Å². The summed E-state index contributed by atoms with van der Waals surface area (Å²) in [6, 6.07) is 7.62. The second-order valence-electron chi connectivity index (χ2n) is 3.19. The molecule has 0 aliphatic heterocycles. The van der Waals surface area contributed by atoms with Crippen LogP contribution in [0.4, 0.5) is 0 Å². The predicted molar refractivity (Wildman–Crippen MR) is 61.4 cm³/mol. The molecule has 0 atom stereocenters. The molecule has 1 heterocycles. The minimum absolute atomic E-state index is 0.766. The Morgan fingerprint density at radius 1 is 1.25 bits per heavy atom. The fourth-order valence-corrected chi connectivity index (χ4v) is 1.27. The first kappa shape index (κ1) is 10.2. The molecule has 0 radical (unpaired) electrons. The average Bonchev–Trinajstić information content (AvgIpc) is 2.82. The van der Waals surface area contributed by atoms with Crippen molar-refractivity contribution in [3.8, 4) is 5.75 Å². The summed E-state index contributed by atoms with van der Waals surface area (Å²) in [6.45, 7) is 3.93. The molecule has 5 heteroatoms. The van der Waals surface area contributed by atoms with E-state index in [0.717, 1.165) is 17.0 Å². The van der Waals surface area contributed by atoms with Gasteiger partial charge >= 0.3 is 0 Å². The van der Waals surface area contributed by atoms with Crippen LogP contribution in [0.5, 0.6) is 5.75 Å². The molecule has 82 valence electrons. The number of aromatic nitrogens is 3. The minimum Gasteiger partial charge on any atom is -0.497 e. The Hall–Kier alpha value is -2.30. The van der Waals surface area contributed by atoms with Crippen LogP contribution in [0, 0.1) is 0 Å². The van der Waals surface area contributed by atoms with Crippen molar-refractivity contribution < 1.29 is 4.74 Å². The van der Waals surface area contributed by atoms with E-state index in [2.05, 4.69) is 22.2 Å². The van der Waals surface area contributed by atoms with E-state index in [0.29, 0.717) is 0 Å². The van der Waals surface area contributed by atoms with Crippen LogP contribution in [0.15, 0.2) is 43.5 Å². The molecule has 1 aromatic carbocycles. The van der Waals surface area contributed by atoms with Crippen molar-refractivity contribution in [2.75, 3.05) is 12.5 Å². The molecule has 0 aliphatic carbocycles. The van der Waals surface area contributed by atoms with Gasteiger partial charge in [-0.15, -0.1) is 10.2 Å². The number of nitrogens with one attached hydrogen (secondary N) is 1. The van der Waals surface area contributed by atoms with Crippen LogP contribution in [-0.4, -0.2) is 22.0 Å². The molecule has 0 spiro atoms. The maximum atomic E-state index is 5.08. The molecule has 0 saturated heterocycles. The van der Waals surface area contributed by atoms with Crippen LogP contribution in [0.1, 0.15) is 5.56 Å². The highest BCUT2D eigenvalue weighted by molar-refractivity contribution is 5.67. The zero-order valence-corrected chi connectivity index (χ0v) is 8.92. The summed E-state index contributed by atoms with van der Waals surface area (Å²) in [5, 5.41) is 7.37. The quantitative estimate of drug-likeness (QED) is 0.841. The molecule has 5 nitrogen and oxygen atoms in total. The predicted octanol–water partition coefficient (Wildman–Crippen LogP) is 1.50. The van der Waals surface area contributed by atoms with Gasteiger partial charge in [-0.25, -0.2) is 4.68 Å². The summed E-state index contributed by atoms with van der Waals surface area (Å²) in [5.41, 5.74) is 4.78. The van der Waals surface area contributed by atoms with Crippen molar-refractivity contribution in [1.29, 1.82) is 0 Å². The van der Waals surface area contributed by atoms with Crippen molar-refractivity contribution in [2.45, 2.75) is 0 Å². The number of rotatable bonds is 4. The Labute approximate surface area is 93.4 Å². The normalized spacial score (nSPS) is 9.81. The van der Waals surface area contributed by atoms with Gasteiger partial charge in [0.05, 0.1) is 12.8 Å². The van der Waals surface area contributed by atoms with Crippen LogP contribution in [0.3, 0.4) is 0 Å². The second-order valence-corrected chi connectivity index (χ2v) is 3.19. The summed E-state index contributed by atoms with van der Waals surface area (Å²) < 4.78 is 6.71. The second kappa shape index (κ2) is 4.48. The topological polar surface area (TPSA) is 52.0 Å². The third-order valence-corrected chi connectivity index (χ3v) is 2.12. The molecule has 1 N–H and O–H groups in total. The van der Waals surface area contributed by atoms with Gasteiger partial charge in [0.1, 0.15) is 18.4 Å². The van der Waals surface area contributed by atoms with Crippen molar-refractivity contribution >= 4 is 5.70 Å². The zero-order valence-electron chi connectivity index (χ0n) is 8.92. The van der Waals surface area contributed by atoms with E-state index in [-0.39, 0.29) is 0 Å². The van der Waals surface area contributed by atoms with Gasteiger partial charge in [-0.3, -0.25) is 5.43 Å². The van der Waals surface area contributed by atoms with Gasteiger partial charge in [0, 0.05) is 0 Å². The van der Waals surface area contributed by atoms with Crippen LogP contribution < -0.4 is 10.2 Å². The van der Waals surface area contributed by atoms with E-state index in [4.69, 9.17) is 4.74 Å².